The van der Waals surface area contributed by atoms with Crippen molar-refractivity contribution in [2.75, 3.05) is 6.61 Å². The second-order valence-electron chi connectivity index (χ2n) is 6.64. The number of aryl methyl sites for hydroxylation is 2. The third kappa shape index (κ3) is 3.03. The quantitative estimate of drug-likeness (QED) is 0.792. The van der Waals surface area contributed by atoms with Gasteiger partial charge in [0, 0.05) is 5.56 Å². The smallest absolute Gasteiger partial charge is 0.338 e. The number of aromatic amines is 1. The Hall–Kier alpha value is -3.53. The number of allylic oxidation sites excluding steroid dienone is 2. The monoisotopic (exact) mass is 379 g/mol. The van der Waals surface area contributed by atoms with Gasteiger partial charge in [-0.05, 0) is 50.3 Å². The predicted octanol–water partition coefficient (Wildman–Crippen LogP) is 2.79. The van der Waals surface area contributed by atoms with Crippen LogP contribution in [0.15, 0.2) is 45.8 Å². The molecule has 0 saturated heterocycles. The number of esters is 1. The third-order valence-electron chi connectivity index (χ3n) is 4.99. The zero-order chi connectivity index (χ0) is 20.6. The number of fused-ring (bicyclic) bond motifs is 1. The van der Waals surface area contributed by atoms with E-state index in [-0.39, 0.29) is 35.0 Å². The first-order valence-corrected chi connectivity index (χ1v) is 8.88. The van der Waals surface area contributed by atoms with Crippen LogP contribution in [0.25, 0.3) is 10.9 Å². The molecule has 0 fully saturated rings. The lowest BCUT2D eigenvalue weighted by molar-refractivity contribution is -0.139. The van der Waals surface area contributed by atoms with Crippen molar-refractivity contribution < 1.29 is 14.3 Å². The number of aromatic nitrogens is 1. The van der Waals surface area contributed by atoms with Crippen LogP contribution in [0.4, 0.5) is 0 Å². The number of nitrogens with zero attached hydrogens (tertiary/aromatic N) is 1. The highest BCUT2D eigenvalue weighted by molar-refractivity contribution is 5.93. The number of carbonyl (C=O) groups is 1. The number of hydrogen-bond donors (Lipinski definition) is 2. The van der Waals surface area contributed by atoms with Crippen molar-refractivity contribution in [1.29, 1.82) is 5.26 Å². The van der Waals surface area contributed by atoms with Crippen LogP contribution >= 0.6 is 0 Å². The summed E-state index contributed by atoms with van der Waals surface area (Å²) in [7, 11) is 0. The van der Waals surface area contributed by atoms with Crippen molar-refractivity contribution in [3.8, 4) is 6.07 Å². The van der Waals surface area contributed by atoms with E-state index in [1.165, 1.54) is 0 Å². The van der Waals surface area contributed by atoms with Crippen LogP contribution in [0.1, 0.15) is 36.5 Å². The molecule has 0 spiro atoms. The van der Waals surface area contributed by atoms with E-state index >= 15 is 0 Å². The molecular weight excluding hydrogens is 358 g/mol. The molecule has 1 aliphatic rings. The van der Waals surface area contributed by atoms with Gasteiger partial charge >= 0.3 is 5.97 Å². The molecule has 0 radical (unpaired) electrons. The molecule has 1 aromatic carbocycles. The Bertz CT molecular complexity index is 1150. The van der Waals surface area contributed by atoms with Gasteiger partial charge in [-0.3, -0.25) is 4.79 Å². The van der Waals surface area contributed by atoms with Crippen LogP contribution in [-0.2, 0) is 14.3 Å². The molecule has 1 atom stereocenters. The summed E-state index contributed by atoms with van der Waals surface area (Å²) in [6, 6.07) is 7.50. The zero-order valence-electron chi connectivity index (χ0n) is 16.2. The van der Waals surface area contributed by atoms with Crippen molar-refractivity contribution in [3.63, 3.8) is 0 Å². The summed E-state index contributed by atoms with van der Waals surface area (Å²) in [6.07, 6.45) is 0. The highest BCUT2D eigenvalue weighted by atomic mass is 16.5. The van der Waals surface area contributed by atoms with Gasteiger partial charge in [0.05, 0.1) is 23.6 Å². The number of nitrogens with two attached hydrogens (primary N) is 1. The van der Waals surface area contributed by atoms with Crippen molar-refractivity contribution in [2.24, 2.45) is 5.73 Å². The van der Waals surface area contributed by atoms with Gasteiger partial charge in [0.1, 0.15) is 17.4 Å². The first-order chi connectivity index (χ1) is 13.3. The Morgan fingerprint density at radius 2 is 2.07 bits per heavy atom. The molecule has 144 valence electrons. The fraction of sp³-hybridized carbons (Fsp3) is 0.286. The third-order valence-corrected chi connectivity index (χ3v) is 4.99. The molecule has 0 bridgehead atoms. The van der Waals surface area contributed by atoms with E-state index in [9.17, 15) is 14.9 Å². The Morgan fingerprint density at radius 3 is 2.71 bits per heavy atom. The lowest BCUT2D eigenvalue weighted by Crippen LogP contribution is -2.29. The van der Waals surface area contributed by atoms with Crippen molar-refractivity contribution in [2.45, 2.75) is 33.6 Å². The maximum Gasteiger partial charge on any atom is 0.338 e. The largest absolute Gasteiger partial charge is 0.463 e. The van der Waals surface area contributed by atoms with Gasteiger partial charge < -0.3 is 20.2 Å². The van der Waals surface area contributed by atoms with E-state index in [1.807, 2.05) is 32.0 Å². The second-order valence-corrected chi connectivity index (χ2v) is 6.64. The summed E-state index contributed by atoms with van der Waals surface area (Å²) in [4.78, 5) is 28.4. The fourth-order valence-electron chi connectivity index (χ4n) is 3.42. The van der Waals surface area contributed by atoms with Crippen LogP contribution < -0.4 is 11.3 Å². The Labute approximate surface area is 162 Å². The van der Waals surface area contributed by atoms with Gasteiger partial charge in [0.25, 0.3) is 5.56 Å². The molecule has 7 nitrogen and oxygen atoms in total. The molecule has 0 amide bonds. The molecule has 2 aromatic rings. The number of hydrogen-bond acceptors (Lipinski definition) is 6. The highest BCUT2D eigenvalue weighted by Crippen LogP contribution is 2.39. The summed E-state index contributed by atoms with van der Waals surface area (Å²) in [5, 5.41) is 10.4. The molecule has 28 heavy (non-hydrogen) atoms. The van der Waals surface area contributed by atoms with E-state index in [2.05, 4.69) is 4.98 Å². The van der Waals surface area contributed by atoms with Gasteiger partial charge in [-0.25, -0.2) is 4.79 Å². The first-order valence-electron chi connectivity index (χ1n) is 8.88. The number of carbonyl (C=O) groups excluding carboxylic acids is 1. The predicted molar refractivity (Wildman–Crippen MR) is 104 cm³/mol. The van der Waals surface area contributed by atoms with Crippen LogP contribution in [0.5, 0.6) is 0 Å². The number of pyridine rings is 1. The molecule has 3 N–H and O–H groups in total. The first kappa shape index (κ1) is 19.2. The number of H-pyrrole nitrogens is 1. The molecule has 2 heterocycles. The Balaban J connectivity index is 2.31. The van der Waals surface area contributed by atoms with Crippen molar-refractivity contribution in [1.82, 2.24) is 4.98 Å². The number of rotatable bonds is 3. The van der Waals surface area contributed by atoms with Gasteiger partial charge in [-0.1, -0.05) is 12.1 Å². The SMILES string of the molecule is CCOC(=O)C1=C(C)OC(N)=C(C#N)C1c1cc2ccc(C)c(C)c2[nH]c1=O. The molecule has 1 unspecified atom stereocenters. The highest BCUT2D eigenvalue weighted by Gasteiger charge is 2.37. The minimum absolute atomic E-state index is 0.00216. The summed E-state index contributed by atoms with van der Waals surface area (Å²) in [6.45, 7) is 7.27. The lowest BCUT2D eigenvalue weighted by atomic mass is 9.83. The fourth-order valence-corrected chi connectivity index (χ4v) is 3.42. The van der Waals surface area contributed by atoms with Gasteiger partial charge in [-0.15, -0.1) is 0 Å². The van der Waals surface area contributed by atoms with Gasteiger partial charge in [0.15, 0.2) is 0 Å². The van der Waals surface area contributed by atoms with Gasteiger partial charge in [0.2, 0.25) is 5.88 Å². The van der Waals surface area contributed by atoms with E-state index in [4.69, 9.17) is 15.2 Å². The molecule has 1 aliphatic heterocycles. The maximum absolute atomic E-state index is 13.0. The summed E-state index contributed by atoms with van der Waals surface area (Å²) >= 11 is 0. The van der Waals surface area contributed by atoms with E-state index in [0.29, 0.717) is 0 Å². The summed E-state index contributed by atoms with van der Waals surface area (Å²) in [5.41, 5.74) is 8.55. The minimum Gasteiger partial charge on any atom is -0.463 e. The number of nitrogens with one attached hydrogen (secondary N) is 1. The van der Waals surface area contributed by atoms with Crippen LogP contribution in [0.3, 0.4) is 0 Å². The standard InChI is InChI=1S/C21H21N3O4/c1-5-27-21(26)16-12(4)28-19(23)15(9-22)17(16)14-8-13-7-6-10(2)11(3)18(13)24-20(14)25/h6-8,17H,5,23H2,1-4H3,(H,24,25). The number of ether oxygens (including phenoxy) is 2. The summed E-state index contributed by atoms with van der Waals surface area (Å²) in [5.74, 6) is -1.53. The Kier molecular flexibility index (Phi) is 4.97. The van der Waals surface area contributed by atoms with Crippen molar-refractivity contribution in [3.05, 3.63) is 68.0 Å². The van der Waals surface area contributed by atoms with Gasteiger partial charge in [-0.2, -0.15) is 5.26 Å². The van der Waals surface area contributed by atoms with Crippen LogP contribution in [0.2, 0.25) is 0 Å². The van der Waals surface area contributed by atoms with Crippen molar-refractivity contribution >= 4 is 16.9 Å². The Morgan fingerprint density at radius 1 is 1.36 bits per heavy atom. The molecule has 7 heteroatoms. The second kappa shape index (κ2) is 7.24. The van der Waals surface area contributed by atoms with E-state index in [0.717, 1.165) is 22.0 Å². The molecular formula is C21H21N3O4. The zero-order valence-corrected chi connectivity index (χ0v) is 16.2. The molecule has 0 aliphatic carbocycles. The van der Waals surface area contributed by atoms with Crippen LogP contribution in [-0.4, -0.2) is 17.6 Å². The average Bonchev–Trinajstić information content (AvgIpc) is 2.64. The number of benzene rings is 1. The van der Waals surface area contributed by atoms with Crippen LogP contribution in [0, 0.1) is 25.2 Å². The minimum atomic E-state index is -0.965. The molecule has 0 saturated carbocycles. The molecule has 3 rings (SSSR count). The maximum atomic E-state index is 13.0. The summed E-state index contributed by atoms with van der Waals surface area (Å²) < 4.78 is 10.5. The lowest BCUT2D eigenvalue weighted by Gasteiger charge is -2.26. The average molecular weight is 379 g/mol. The van der Waals surface area contributed by atoms with E-state index < -0.39 is 17.4 Å². The normalized spacial score (nSPS) is 16.8. The van der Waals surface area contributed by atoms with E-state index in [1.54, 1.807) is 19.9 Å². The molecule has 1 aromatic heterocycles. The number of nitriles is 1. The topological polar surface area (TPSA) is 118 Å².